The Kier molecular flexibility index (Phi) is 17.3. The summed E-state index contributed by atoms with van der Waals surface area (Å²) in [7, 11) is 0. The van der Waals surface area contributed by atoms with Crippen LogP contribution in [0, 0.1) is 0 Å². The minimum atomic E-state index is -1.05. The first-order valence-corrected chi connectivity index (χ1v) is 11.9. The van der Waals surface area contributed by atoms with Gasteiger partial charge in [-0.2, -0.15) is 0 Å². The molecule has 0 rings (SSSR count). The highest BCUT2D eigenvalue weighted by atomic mass is 16.4. The monoisotopic (exact) mass is 454 g/mol. The van der Waals surface area contributed by atoms with E-state index in [0.717, 1.165) is 45.1 Å². The number of nitrogens with one attached hydrogen (secondary N) is 2. The van der Waals surface area contributed by atoms with Crippen LogP contribution in [0.3, 0.4) is 0 Å². The molecule has 2 unspecified atom stereocenters. The number of carbonyl (C=O) groups excluding carboxylic acids is 4. The average molecular weight is 455 g/mol. The molecule has 0 aromatic heterocycles. The molecule has 2 atom stereocenters. The molecular formula is C24H42N2O6. The summed E-state index contributed by atoms with van der Waals surface area (Å²) in [6.45, 7) is 5.99. The number of Topliss-reactive ketones (excluding diaryl/α,β-unsaturated/α-hetero) is 3. The second-order valence-electron chi connectivity index (χ2n) is 8.50. The third kappa shape index (κ3) is 16.6. The molecular weight excluding hydrogens is 412 g/mol. The van der Waals surface area contributed by atoms with Crippen molar-refractivity contribution < 1.29 is 29.1 Å². The predicted octanol–water partition coefficient (Wildman–Crippen LogP) is 3.35. The highest BCUT2D eigenvalue weighted by Gasteiger charge is 2.20. The van der Waals surface area contributed by atoms with Crippen LogP contribution in [0.4, 0.5) is 0 Å². The van der Waals surface area contributed by atoms with E-state index in [1.54, 1.807) is 13.8 Å². The van der Waals surface area contributed by atoms with E-state index in [2.05, 4.69) is 17.6 Å². The fraction of sp³-hybridized carbons (Fsp3) is 0.792. The Morgan fingerprint density at radius 2 is 1.34 bits per heavy atom. The fourth-order valence-corrected chi connectivity index (χ4v) is 3.47. The zero-order valence-corrected chi connectivity index (χ0v) is 20.0. The maximum atomic E-state index is 12.7. The molecule has 0 bridgehead atoms. The molecule has 1 amide bonds. The van der Waals surface area contributed by atoms with Crippen molar-refractivity contribution >= 4 is 29.2 Å². The van der Waals surface area contributed by atoms with Crippen LogP contribution >= 0.6 is 0 Å². The number of amides is 1. The smallest absolute Gasteiger partial charge is 0.303 e. The van der Waals surface area contributed by atoms with Gasteiger partial charge in [-0.25, -0.2) is 0 Å². The Bertz CT molecular complexity index is 605. The Labute approximate surface area is 192 Å². The Balaban J connectivity index is 4.49. The number of rotatable bonds is 21. The van der Waals surface area contributed by atoms with Crippen LogP contribution in [0.2, 0.25) is 0 Å². The second-order valence-corrected chi connectivity index (χ2v) is 8.50. The molecule has 0 aliphatic rings. The third-order valence-electron chi connectivity index (χ3n) is 5.36. The van der Waals surface area contributed by atoms with Crippen molar-refractivity contribution in [1.82, 2.24) is 10.6 Å². The van der Waals surface area contributed by atoms with Gasteiger partial charge in [0.05, 0.1) is 18.5 Å². The topological polar surface area (TPSA) is 130 Å². The van der Waals surface area contributed by atoms with Crippen molar-refractivity contribution in [3.8, 4) is 0 Å². The van der Waals surface area contributed by atoms with E-state index in [-0.39, 0.29) is 36.2 Å². The van der Waals surface area contributed by atoms with Gasteiger partial charge in [-0.15, -0.1) is 0 Å². The first-order chi connectivity index (χ1) is 15.2. The second kappa shape index (κ2) is 18.5. The highest BCUT2D eigenvalue weighted by Crippen LogP contribution is 2.12. The van der Waals surface area contributed by atoms with Crippen molar-refractivity contribution in [2.45, 2.75) is 116 Å². The molecule has 0 spiro atoms. The summed E-state index contributed by atoms with van der Waals surface area (Å²) in [5, 5.41) is 14.7. The van der Waals surface area contributed by atoms with Gasteiger partial charge < -0.3 is 20.5 Å². The number of aliphatic carboxylic acids is 1. The van der Waals surface area contributed by atoms with E-state index in [0.29, 0.717) is 32.1 Å². The number of hydrogen-bond donors (Lipinski definition) is 3. The van der Waals surface area contributed by atoms with E-state index in [4.69, 9.17) is 5.11 Å². The third-order valence-corrected chi connectivity index (χ3v) is 5.36. The minimum Gasteiger partial charge on any atom is -0.481 e. The number of carboxylic acids is 1. The molecule has 0 heterocycles. The number of carboxylic acid groups (broad SMARTS) is 1. The lowest BCUT2D eigenvalue weighted by molar-refractivity contribution is -0.139. The van der Waals surface area contributed by atoms with Gasteiger partial charge in [-0.05, 0) is 52.5 Å². The molecule has 0 fully saturated rings. The molecule has 3 N–H and O–H groups in total. The van der Waals surface area contributed by atoms with Gasteiger partial charge >= 0.3 is 5.97 Å². The summed E-state index contributed by atoms with van der Waals surface area (Å²) in [5.41, 5.74) is 0. The first kappa shape index (κ1) is 29.9. The molecule has 32 heavy (non-hydrogen) atoms. The molecule has 0 aliphatic carbocycles. The lowest BCUT2D eigenvalue weighted by Crippen LogP contribution is -2.41. The van der Waals surface area contributed by atoms with Crippen molar-refractivity contribution in [2.75, 3.05) is 6.54 Å². The van der Waals surface area contributed by atoms with Gasteiger partial charge in [-0.3, -0.25) is 19.2 Å². The highest BCUT2D eigenvalue weighted by molar-refractivity contribution is 5.89. The van der Waals surface area contributed by atoms with E-state index >= 15 is 0 Å². The molecule has 184 valence electrons. The van der Waals surface area contributed by atoms with Crippen molar-refractivity contribution in [3.63, 3.8) is 0 Å². The summed E-state index contributed by atoms with van der Waals surface area (Å²) in [4.78, 5) is 58.1. The maximum absolute atomic E-state index is 12.7. The first-order valence-electron chi connectivity index (χ1n) is 11.9. The predicted molar refractivity (Wildman–Crippen MR) is 123 cm³/mol. The maximum Gasteiger partial charge on any atom is 0.303 e. The SMILES string of the molecule is CCCNC(CCCCCC(=O)C(CCCCCC(C)=O)NC(=O)CCC(=O)O)C(C)=O. The zero-order valence-electron chi connectivity index (χ0n) is 20.0. The molecule has 8 nitrogen and oxygen atoms in total. The summed E-state index contributed by atoms with van der Waals surface area (Å²) < 4.78 is 0. The lowest BCUT2D eigenvalue weighted by Gasteiger charge is -2.18. The van der Waals surface area contributed by atoms with Gasteiger partial charge in [0.2, 0.25) is 5.91 Å². The minimum absolute atomic E-state index is 0.0486. The largest absolute Gasteiger partial charge is 0.481 e. The lowest BCUT2D eigenvalue weighted by atomic mass is 9.98. The summed E-state index contributed by atoms with van der Waals surface area (Å²) in [5.74, 6) is -1.27. The van der Waals surface area contributed by atoms with Gasteiger partial charge in [0, 0.05) is 19.3 Å². The van der Waals surface area contributed by atoms with Crippen LogP contribution in [0.15, 0.2) is 0 Å². The Morgan fingerprint density at radius 3 is 1.88 bits per heavy atom. The number of ketones is 3. The standard InChI is InChI=1S/C24H42N2O6/c1-4-17-25-20(19(3)28)12-8-6-10-14-22(29)21(13-9-5-7-11-18(2)27)26-23(30)15-16-24(31)32/h20-21,25H,4-17H2,1-3H3,(H,26,30)(H,31,32). The van der Waals surface area contributed by atoms with Gasteiger partial charge in [0.15, 0.2) is 5.78 Å². The molecule has 0 saturated carbocycles. The summed E-state index contributed by atoms with van der Waals surface area (Å²) >= 11 is 0. The summed E-state index contributed by atoms with van der Waals surface area (Å²) in [6.07, 6.45) is 7.24. The van der Waals surface area contributed by atoms with Crippen LogP contribution in [0.25, 0.3) is 0 Å². The van der Waals surface area contributed by atoms with Crippen LogP contribution in [0.5, 0.6) is 0 Å². The molecule has 0 aromatic rings. The van der Waals surface area contributed by atoms with Crippen LogP contribution in [-0.4, -0.2) is 53.0 Å². The Morgan fingerprint density at radius 1 is 0.750 bits per heavy atom. The van der Waals surface area contributed by atoms with Crippen LogP contribution in [-0.2, 0) is 24.0 Å². The molecule has 8 heteroatoms. The van der Waals surface area contributed by atoms with Gasteiger partial charge in [0.25, 0.3) is 0 Å². The normalized spacial score (nSPS) is 12.7. The van der Waals surface area contributed by atoms with E-state index in [9.17, 15) is 24.0 Å². The van der Waals surface area contributed by atoms with Crippen LogP contribution < -0.4 is 10.6 Å². The quantitative estimate of drug-likeness (QED) is 0.227. The van der Waals surface area contributed by atoms with E-state index in [1.807, 2.05) is 0 Å². The van der Waals surface area contributed by atoms with Crippen molar-refractivity contribution in [3.05, 3.63) is 0 Å². The number of unbranched alkanes of at least 4 members (excludes halogenated alkanes) is 4. The summed E-state index contributed by atoms with van der Waals surface area (Å²) in [6, 6.07) is -0.758. The number of carbonyl (C=O) groups is 5. The molecule has 0 aliphatic heterocycles. The van der Waals surface area contributed by atoms with Crippen molar-refractivity contribution in [2.24, 2.45) is 0 Å². The van der Waals surface area contributed by atoms with Crippen molar-refractivity contribution in [1.29, 1.82) is 0 Å². The molecule has 0 radical (unpaired) electrons. The molecule has 0 aromatic carbocycles. The van der Waals surface area contributed by atoms with Crippen LogP contribution in [0.1, 0.15) is 104 Å². The van der Waals surface area contributed by atoms with E-state index < -0.39 is 17.9 Å². The van der Waals surface area contributed by atoms with E-state index in [1.165, 1.54) is 0 Å². The Hall–Kier alpha value is -2.09. The molecule has 0 saturated heterocycles. The number of hydrogen-bond acceptors (Lipinski definition) is 6. The van der Waals surface area contributed by atoms with Gasteiger partial charge in [-0.1, -0.05) is 32.6 Å². The van der Waals surface area contributed by atoms with Gasteiger partial charge in [0.1, 0.15) is 11.6 Å². The fourth-order valence-electron chi connectivity index (χ4n) is 3.47. The average Bonchev–Trinajstić information content (AvgIpc) is 2.72. The zero-order chi connectivity index (χ0) is 24.4.